The van der Waals surface area contributed by atoms with Crippen molar-refractivity contribution in [3.05, 3.63) is 21.5 Å². The fraction of sp³-hybridized carbons (Fsp3) is 0.800. The van der Waals surface area contributed by atoms with Crippen LogP contribution in [0.4, 0.5) is 13.2 Å². The molecule has 0 fully saturated rings. The Bertz CT molecular complexity index is 467. The first-order chi connectivity index (χ1) is 10.5. The Kier molecular flexibility index (Phi) is 8.26. The van der Waals surface area contributed by atoms with Crippen molar-refractivity contribution >= 4 is 5.84 Å². The lowest BCUT2D eigenvalue weighted by molar-refractivity contribution is -0.428. The van der Waals surface area contributed by atoms with Crippen molar-refractivity contribution in [1.82, 2.24) is 5.32 Å². The molecule has 1 N–H and O–H groups in total. The van der Waals surface area contributed by atoms with Gasteiger partial charge in [0.2, 0.25) is 0 Å². The van der Waals surface area contributed by atoms with Crippen LogP contribution in [0.2, 0.25) is 0 Å². The minimum Gasteiger partial charge on any atom is -0.368 e. The number of alkyl halides is 3. The van der Waals surface area contributed by atoms with Gasteiger partial charge < -0.3 is 5.32 Å². The predicted octanol–water partition coefficient (Wildman–Crippen LogP) is 4.81. The van der Waals surface area contributed by atoms with E-state index < -0.39 is 23.1 Å². The van der Waals surface area contributed by atoms with Crippen molar-refractivity contribution in [1.29, 1.82) is 0 Å². The zero-order valence-electron chi connectivity index (χ0n) is 14.4. The Hall–Kier alpha value is -1.60. The van der Waals surface area contributed by atoms with Gasteiger partial charge in [0.15, 0.2) is 0 Å². The van der Waals surface area contributed by atoms with Gasteiger partial charge >= 0.3 is 6.18 Å². The maximum atomic E-state index is 12.5. The first-order valence-corrected chi connectivity index (χ1v) is 7.74. The largest absolute Gasteiger partial charge is 0.389 e. The number of rotatable bonds is 8. The molecule has 0 aliphatic carbocycles. The number of nitrogens with one attached hydrogen (secondary N) is 1. The molecule has 0 spiro atoms. The van der Waals surface area contributed by atoms with Crippen LogP contribution in [0.5, 0.6) is 0 Å². The summed E-state index contributed by atoms with van der Waals surface area (Å²) >= 11 is 0. The van der Waals surface area contributed by atoms with E-state index in [0.29, 0.717) is 12.8 Å². The van der Waals surface area contributed by atoms with Gasteiger partial charge in [-0.1, -0.05) is 20.8 Å². The molecule has 8 heteroatoms. The third kappa shape index (κ3) is 7.99. The molecular weight excluding hydrogens is 311 g/mol. The van der Waals surface area contributed by atoms with Crippen molar-refractivity contribution in [2.24, 2.45) is 4.99 Å². The molecule has 0 bridgehead atoms. The Morgan fingerprint density at radius 3 is 2.09 bits per heavy atom. The third-order valence-corrected chi connectivity index (χ3v) is 3.93. The molecule has 0 aliphatic rings. The third-order valence-electron chi connectivity index (χ3n) is 3.93. The first kappa shape index (κ1) is 21.4. The standard InChI is InChI=1S/C15H26F3N3O2/c1-6-12(21(22)23)11(4)19-13(9-10-15(16,17)18)20-14(5,7-2)8-3/h6-10H2,1-5H3,(H,19,20)/b12-11+. The number of nitro groups is 1. The summed E-state index contributed by atoms with van der Waals surface area (Å²) in [5.41, 5.74) is -0.353. The van der Waals surface area contributed by atoms with E-state index >= 15 is 0 Å². The van der Waals surface area contributed by atoms with Gasteiger partial charge in [0, 0.05) is 18.4 Å². The second-order valence-corrected chi connectivity index (χ2v) is 5.71. The zero-order valence-corrected chi connectivity index (χ0v) is 14.4. The summed E-state index contributed by atoms with van der Waals surface area (Å²) in [5, 5.41) is 14.0. The lowest BCUT2D eigenvalue weighted by atomic mass is 9.95. The normalized spacial score (nSPS) is 14.5. The smallest absolute Gasteiger partial charge is 0.368 e. The second kappa shape index (κ2) is 8.88. The molecule has 0 amide bonds. The first-order valence-electron chi connectivity index (χ1n) is 7.74. The van der Waals surface area contributed by atoms with Crippen molar-refractivity contribution in [2.45, 2.75) is 78.4 Å². The van der Waals surface area contributed by atoms with Crippen LogP contribution in [0.15, 0.2) is 16.4 Å². The highest BCUT2D eigenvalue weighted by Gasteiger charge is 2.29. The van der Waals surface area contributed by atoms with Crippen LogP contribution in [0, 0.1) is 10.1 Å². The van der Waals surface area contributed by atoms with Crippen LogP contribution < -0.4 is 5.32 Å². The Balaban J connectivity index is 5.57. The molecule has 0 rings (SSSR count). The van der Waals surface area contributed by atoms with Gasteiger partial charge in [-0.05, 0) is 26.7 Å². The monoisotopic (exact) mass is 337 g/mol. The second-order valence-electron chi connectivity index (χ2n) is 5.71. The average molecular weight is 337 g/mol. The van der Waals surface area contributed by atoms with Gasteiger partial charge in [-0.15, -0.1) is 0 Å². The maximum Gasteiger partial charge on any atom is 0.389 e. The van der Waals surface area contributed by atoms with Crippen molar-refractivity contribution in [3.63, 3.8) is 0 Å². The van der Waals surface area contributed by atoms with Crippen molar-refractivity contribution in [2.75, 3.05) is 0 Å². The highest BCUT2D eigenvalue weighted by molar-refractivity contribution is 5.83. The lowest BCUT2D eigenvalue weighted by Crippen LogP contribution is -2.45. The maximum absolute atomic E-state index is 12.5. The molecule has 0 radical (unpaired) electrons. The van der Waals surface area contributed by atoms with Crippen LogP contribution in [0.1, 0.15) is 66.7 Å². The number of amidine groups is 1. The number of hydrogen-bond acceptors (Lipinski definition) is 3. The molecule has 0 aliphatic heterocycles. The summed E-state index contributed by atoms with van der Waals surface area (Å²) < 4.78 is 37.5. The van der Waals surface area contributed by atoms with E-state index in [0.717, 1.165) is 0 Å². The molecule has 23 heavy (non-hydrogen) atoms. The zero-order chi connectivity index (χ0) is 18.3. The van der Waals surface area contributed by atoms with E-state index in [1.165, 1.54) is 6.92 Å². The fourth-order valence-corrected chi connectivity index (χ4v) is 1.97. The summed E-state index contributed by atoms with van der Waals surface area (Å²) in [6.07, 6.45) is -4.08. The molecule has 0 saturated carbocycles. The molecule has 5 nitrogen and oxygen atoms in total. The number of aliphatic imine (C=N–C) groups is 1. The van der Waals surface area contributed by atoms with Crippen molar-refractivity contribution < 1.29 is 18.1 Å². The number of nitrogens with zero attached hydrogens (tertiary/aromatic N) is 2. The summed E-state index contributed by atoms with van der Waals surface area (Å²) in [4.78, 5) is 14.5. The summed E-state index contributed by atoms with van der Waals surface area (Å²) in [5.74, 6) is 0.138. The highest BCUT2D eigenvalue weighted by atomic mass is 19.4. The van der Waals surface area contributed by atoms with E-state index in [1.54, 1.807) is 6.92 Å². The number of halogens is 3. The van der Waals surface area contributed by atoms with Crippen LogP contribution >= 0.6 is 0 Å². The SMILES string of the molecule is CC/C(=C(C)\N=C(/CCC(F)(F)F)NC(C)(CC)CC)[N+](=O)[O-]. The Labute approximate surface area is 135 Å². The highest BCUT2D eigenvalue weighted by Crippen LogP contribution is 2.23. The van der Waals surface area contributed by atoms with Crippen LogP contribution in [-0.2, 0) is 0 Å². The summed E-state index contributed by atoms with van der Waals surface area (Å²) in [6.45, 7) is 8.81. The van der Waals surface area contributed by atoms with E-state index in [2.05, 4.69) is 10.3 Å². The Morgan fingerprint density at radius 2 is 1.74 bits per heavy atom. The topological polar surface area (TPSA) is 67.5 Å². The molecule has 0 saturated heterocycles. The predicted molar refractivity (Wildman–Crippen MR) is 84.8 cm³/mol. The molecule has 0 atom stereocenters. The lowest BCUT2D eigenvalue weighted by Gasteiger charge is -2.30. The van der Waals surface area contributed by atoms with Crippen LogP contribution in [0.25, 0.3) is 0 Å². The molecule has 0 unspecified atom stereocenters. The van der Waals surface area contributed by atoms with E-state index in [9.17, 15) is 23.3 Å². The van der Waals surface area contributed by atoms with Crippen molar-refractivity contribution in [3.8, 4) is 0 Å². The van der Waals surface area contributed by atoms with Crippen LogP contribution in [-0.4, -0.2) is 22.5 Å². The minimum absolute atomic E-state index is 0.0917. The van der Waals surface area contributed by atoms with Gasteiger partial charge in [0.1, 0.15) is 11.5 Å². The van der Waals surface area contributed by atoms with Gasteiger partial charge in [-0.25, -0.2) is 4.99 Å². The quantitative estimate of drug-likeness (QED) is 0.299. The van der Waals surface area contributed by atoms with Crippen LogP contribution in [0.3, 0.4) is 0 Å². The molecule has 0 heterocycles. The van der Waals surface area contributed by atoms with Gasteiger partial charge in [-0.2, -0.15) is 13.2 Å². The minimum atomic E-state index is -4.30. The number of allylic oxidation sites excluding steroid dienone is 2. The fourth-order valence-electron chi connectivity index (χ4n) is 1.97. The average Bonchev–Trinajstić information content (AvgIpc) is 2.44. The molecule has 0 aromatic heterocycles. The number of hydrogen-bond donors (Lipinski definition) is 1. The molecule has 0 aromatic rings. The molecular formula is C15H26F3N3O2. The van der Waals surface area contributed by atoms with E-state index in [4.69, 9.17) is 0 Å². The summed E-state index contributed by atoms with van der Waals surface area (Å²) in [7, 11) is 0. The summed E-state index contributed by atoms with van der Waals surface area (Å²) in [6, 6.07) is 0. The van der Waals surface area contributed by atoms with E-state index in [-0.39, 0.29) is 30.1 Å². The van der Waals surface area contributed by atoms with Gasteiger partial charge in [-0.3, -0.25) is 10.1 Å². The molecule has 134 valence electrons. The van der Waals surface area contributed by atoms with Gasteiger partial charge in [0.25, 0.3) is 5.70 Å². The Morgan fingerprint density at radius 1 is 1.22 bits per heavy atom. The van der Waals surface area contributed by atoms with Gasteiger partial charge in [0.05, 0.1) is 11.3 Å². The molecule has 0 aromatic carbocycles. The van der Waals surface area contributed by atoms with E-state index in [1.807, 2.05) is 20.8 Å².